The Bertz CT molecular complexity index is 293. The molecule has 0 saturated carbocycles. The second-order valence-electron chi connectivity index (χ2n) is 3.43. The van der Waals surface area contributed by atoms with Crippen LogP contribution in [0.1, 0.15) is 37.8 Å². The molecule has 1 aromatic heterocycles. The zero-order chi connectivity index (χ0) is 9.84. The van der Waals surface area contributed by atoms with E-state index in [0.717, 1.165) is 29.9 Å². The predicted octanol–water partition coefficient (Wildman–Crippen LogP) is 3.23. The van der Waals surface area contributed by atoms with Gasteiger partial charge in [-0.05, 0) is 25.5 Å². The van der Waals surface area contributed by atoms with Crippen LogP contribution in [0.25, 0.3) is 0 Å². The molecule has 3 heteroatoms. The molecule has 0 unspecified atom stereocenters. The minimum atomic E-state index is -0.0437. The third-order valence-corrected chi connectivity index (χ3v) is 1.96. The van der Waals surface area contributed by atoms with E-state index in [-0.39, 0.29) is 18.4 Å². The number of aryl methyl sites for hydroxylation is 1. The number of furan rings is 1. The van der Waals surface area contributed by atoms with Gasteiger partial charge in [0.2, 0.25) is 0 Å². The molecule has 0 aromatic carbocycles. The Morgan fingerprint density at radius 1 is 1.57 bits per heavy atom. The maximum atomic E-state index is 5.91. The second kappa shape index (κ2) is 5.89. The lowest BCUT2D eigenvalue weighted by molar-refractivity contribution is 0.434. The van der Waals surface area contributed by atoms with Crippen molar-refractivity contribution in [3.05, 3.63) is 35.8 Å². The average Bonchev–Trinajstić information content (AvgIpc) is 2.50. The molecule has 1 rings (SSSR count). The van der Waals surface area contributed by atoms with E-state index in [1.54, 1.807) is 0 Å². The van der Waals surface area contributed by atoms with Crippen LogP contribution in [0, 0.1) is 0 Å². The highest BCUT2D eigenvalue weighted by Gasteiger charge is 2.10. The van der Waals surface area contributed by atoms with E-state index in [0.29, 0.717) is 0 Å². The Kier molecular flexibility index (Phi) is 5.58. The number of rotatable bonds is 4. The monoisotopic (exact) mass is 215 g/mol. The molecular formula is C11H18ClNO. The quantitative estimate of drug-likeness (QED) is 0.784. The number of hydrogen-bond acceptors (Lipinski definition) is 2. The minimum absolute atomic E-state index is 0. The summed E-state index contributed by atoms with van der Waals surface area (Å²) in [6, 6.07) is 3.89. The lowest BCUT2D eigenvalue weighted by Gasteiger charge is -2.07. The first-order valence-corrected chi connectivity index (χ1v) is 4.62. The van der Waals surface area contributed by atoms with Gasteiger partial charge in [0.1, 0.15) is 11.5 Å². The van der Waals surface area contributed by atoms with E-state index < -0.39 is 0 Å². The summed E-state index contributed by atoms with van der Waals surface area (Å²) >= 11 is 0. The van der Waals surface area contributed by atoms with Crippen molar-refractivity contribution in [3.8, 4) is 0 Å². The van der Waals surface area contributed by atoms with Crippen molar-refractivity contribution in [1.29, 1.82) is 0 Å². The second-order valence-corrected chi connectivity index (χ2v) is 3.43. The maximum absolute atomic E-state index is 5.91. The van der Waals surface area contributed by atoms with Crippen molar-refractivity contribution < 1.29 is 4.42 Å². The maximum Gasteiger partial charge on any atom is 0.121 e. The molecule has 0 aliphatic rings. The van der Waals surface area contributed by atoms with Crippen LogP contribution in [0.4, 0.5) is 0 Å². The molecule has 80 valence electrons. The Balaban J connectivity index is 0.00000169. The minimum Gasteiger partial charge on any atom is -0.464 e. The van der Waals surface area contributed by atoms with E-state index in [9.17, 15) is 0 Å². The zero-order valence-corrected chi connectivity index (χ0v) is 9.56. The highest BCUT2D eigenvalue weighted by molar-refractivity contribution is 5.85. The molecule has 2 N–H and O–H groups in total. The van der Waals surface area contributed by atoms with Crippen molar-refractivity contribution in [1.82, 2.24) is 0 Å². The summed E-state index contributed by atoms with van der Waals surface area (Å²) in [6.07, 6.45) is 1.70. The predicted molar refractivity (Wildman–Crippen MR) is 61.7 cm³/mol. The smallest absolute Gasteiger partial charge is 0.121 e. The third-order valence-electron chi connectivity index (χ3n) is 1.96. The van der Waals surface area contributed by atoms with Gasteiger partial charge in [0.25, 0.3) is 0 Å². The molecule has 0 fully saturated rings. The lowest BCUT2D eigenvalue weighted by Crippen LogP contribution is -2.09. The van der Waals surface area contributed by atoms with E-state index in [1.165, 1.54) is 0 Å². The summed E-state index contributed by atoms with van der Waals surface area (Å²) in [4.78, 5) is 0. The van der Waals surface area contributed by atoms with Gasteiger partial charge >= 0.3 is 0 Å². The topological polar surface area (TPSA) is 39.2 Å². The highest BCUT2D eigenvalue weighted by atomic mass is 35.5. The number of hydrogen-bond donors (Lipinski definition) is 1. The van der Waals surface area contributed by atoms with Gasteiger partial charge < -0.3 is 10.2 Å². The fraction of sp³-hybridized carbons (Fsp3) is 0.455. The summed E-state index contributed by atoms with van der Waals surface area (Å²) in [7, 11) is 0. The van der Waals surface area contributed by atoms with Crippen LogP contribution < -0.4 is 5.73 Å². The fourth-order valence-corrected chi connectivity index (χ4v) is 1.26. The van der Waals surface area contributed by atoms with Crippen molar-refractivity contribution >= 4 is 12.4 Å². The van der Waals surface area contributed by atoms with E-state index in [4.69, 9.17) is 10.2 Å². The Morgan fingerprint density at radius 2 is 2.21 bits per heavy atom. The molecule has 0 saturated heterocycles. The van der Waals surface area contributed by atoms with Crippen LogP contribution in [0.15, 0.2) is 28.7 Å². The zero-order valence-electron chi connectivity index (χ0n) is 8.75. The Hall–Kier alpha value is -0.730. The molecule has 0 spiro atoms. The standard InChI is InChI=1S/C11H17NO.ClH/c1-4-9-5-6-11(13-9)10(12)7-8(2)3;/h5-6,10H,2,4,7,12H2,1,3H3;1H/t10-;/m0./s1. The molecule has 0 amide bonds. The summed E-state index contributed by atoms with van der Waals surface area (Å²) in [5, 5.41) is 0. The van der Waals surface area contributed by atoms with Gasteiger partial charge in [-0.2, -0.15) is 0 Å². The van der Waals surface area contributed by atoms with Gasteiger partial charge in [0, 0.05) is 6.42 Å². The van der Waals surface area contributed by atoms with Crippen LogP contribution in [0.3, 0.4) is 0 Å². The SMILES string of the molecule is C=C(C)C[C@H](N)c1ccc(CC)o1.Cl. The first kappa shape index (κ1) is 13.3. The molecule has 1 heterocycles. The first-order valence-electron chi connectivity index (χ1n) is 4.62. The average molecular weight is 216 g/mol. The number of halogens is 1. The largest absolute Gasteiger partial charge is 0.464 e. The summed E-state index contributed by atoms with van der Waals surface area (Å²) < 4.78 is 5.53. The first-order chi connectivity index (χ1) is 6.13. The summed E-state index contributed by atoms with van der Waals surface area (Å²) in [5.41, 5.74) is 6.99. The van der Waals surface area contributed by atoms with Crippen molar-refractivity contribution in [2.45, 2.75) is 32.7 Å². The molecule has 0 aliphatic carbocycles. The molecule has 0 aliphatic heterocycles. The molecule has 14 heavy (non-hydrogen) atoms. The van der Waals surface area contributed by atoms with Crippen molar-refractivity contribution in [3.63, 3.8) is 0 Å². The molecule has 1 aromatic rings. The van der Waals surface area contributed by atoms with Crippen LogP contribution in [-0.2, 0) is 6.42 Å². The Labute approximate surface area is 91.6 Å². The molecule has 2 nitrogen and oxygen atoms in total. The van der Waals surface area contributed by atoms with E-state index >= 15 is 0 Å². The summed E-state index contributed by atoms with van der Waals surface area (Å²) in [6.45, 7) is 7.86. The van der Waals surface area contributed by atoms with Crippen LogP contribution in [0.5, 0.6) is 0 Å². The van der Waals surface area contributed by atoms with Crippen LogP contribution >= 0.6 is 12.4 Å². The van der Waals surface area contributed by atoms with E-state index in [2.05, 4.69) is 13.5 Å². The molecule has 1 atom stereocenters. The van der Waals surface area contributed by atoms with Gasteiger partial charge in [0.15, 0.2) is 0 Å². The van der Waals surface area contributed by atoms with Gasteiger partial charge in [-0.25, -0.2) is 0 Å². The highest BCUT2D eigenvalue weighted by Crippen LogP contribution is 2.20. The van der Waals surface area contributed by atoms with Gasteiger partial charge in [-0.15, -0.1) is 19.0 Å². The normalized spacial score (nSPS) is 11.9. The van der Waals surface area contributed by atoms with E-state index in [1.807, 2.05) is 19.1 Å². The molecule has 0 radical (unpaired) electrons. The van der Waals surface area contributed by atoms with Crippen LogP contribution in [-0.4, -0.2) is 0 Å². The van der Waals surface area contributed by atoms with Crippen molar-refractivity contribution in [2.75, 3.05) is 0 Å². The van der Waals surface area contributed by atoms with Gasteiger partial charge in [-0.3, -0.25) is 0 Å². The van der Waals surface area contributed by atoms with Crippen molar-refractivity contribution in [2.24, 2.45) is 5.73 Å². The van der Waals surface area contributed by atoms with Gasteiger partial charge in [0.05, 0.1) is 6.04 Å². The molecule has 0 bridgehead atoms. The summed E-state index contributed by atoms with van der Waals surface area (Å²) in [5.74, 6) is 1.85. The third kappa shape index (κ3) is 3.56. The number of nitrogens with two attached hydrogens (primary N) is 1. The van der Waals surface area contributed by atoms with Crippen LogP contribution in [0.2, 0.25) is 0 Å². The lowest BCUT2D eigenvalue weighted by atomic mass is 10.1. The Morgan fingerprint density at radius 3 is 2.64 bits per heavy atom. The fourth-order valence-electron chi connectivity index (χ4n) is 1.26. The molecular weight excluding hydrogens is 198 g/mol. The van der Waals surface area contributed by atoms with Gasteiger partial charge in [-0.1, -0.05) is 12.5 Å².